The van der Waals surface area contributed by atoms with Gasteiger partial charge in [0.2, 0.25) is 0 Å². The third-order valence-electron chi connectivity index (χ3n) is 4.98. The highest BCUT2D eigenvalue weighted by molar-refractivity contribution is 6.40. The zero-order valence-corrected chi connectivity index (χ0v) is 14.9. The largest absolute Gasteiger partial charge is 0.328 e. The molecule has 2 aromatic heterocycles. The number of imide groups is 1. The maximum absolute atomic E-state index is 13.3. The number of nitriles is 1. The molecule has 1 aliphatic rings. The predicted octanol–water partition coefficient (Wildman–Crippen LogP) is 3.76. The van der Waals surface area contributed by atoms with Crippen LogP contribution in [0.2, 0.25) is 5.02 Å². The standard InChI is InChI=1S/C20H11ClN4O2/c1-23-14-8-4-5-9-15(14)24-17-16(11(10-22)18(23)24)19(26)25(20(17)27)13-7-3-2-6-12(13)21/h2-9H,1H3. The maximum atomic E-state index is 13.3. The Morgan fingerprint density at radius 3 is 2.33 bits per heavy atom. The molecule has 6 nitrogen and oxygen atoms in total. The number of aromatic nitrogens is 2. The molecule has 0 radical (unpaired) electrons. The number of carbonyl (C=O) groups is 2. The van der Waals surface area contributed by atoms with E-state index in [1.807, 2.05) is 35.9 Å². The van der Waals surface area contributed by atoms with Crippen LogP contribution < -0.4 is 4.90 Å². The highest BCUT2D eigenvalue weighted by Crippen LogP contribution is 2.38. The molecule has 27 heavy (non-hydrogen) atoms. The van der Waals surface area contributed by atoms with Crippen LogP contribution in [-0.4, -0.2) is 20.8 Å². The quantitative estimate of drug-likeness (QED) is 0.476. The zero-order valence-electron chi connectivity index (χ0n) is 14.1. The van der Waals surface area contributed by atoms with Gasteiger partial charge in [0.1, 0.15) is 23.0 Å². The third kappa shape index (κ3) is 1.79. The van der Waals surface area contributed by atoms with E-state index in [0.29, 0.717) is 16.4 Å². The molecule has 0 unspecified atom stereocenters. The van der Waals surface area contributed by atoms with Crippen molar-refractivity contribution >= 4 is 45.8 Å². The first kappa shape index (κ1) is 15.7. The molecule has 0 bridgehead atoms. The lowest BCUT2D eigenvalue weighted by molar-refractivity contribution is 0.0924. The van der Waals surface area contributed by atoms with E-state index in [-0.39, 0.29) is 16.8 Å². The minimum atomic E-state index is -0.535. The Balaban J connectivity index is 1.90. The molecule has 0 N–H and O–H groups in total. The number of para-hydroxylation sites is 3. The number of fused-ring (bicyclic) bond motifs is 5. The summed E-state index contributed by atoms with van der Waals surface area (Å²) in [6, 6.07) is 16.3. The molecule has 1 aliphatic heterocycles. The van der Waals surface area contributed by atoms with E-state index >= 15 is 0 Å². The van der Waals surface area contributed by atoms with E-state index in [1.54, 1.807) is 28.7 Å². The molecule has 0 aliphatic carbocycles. The van der Waals surface area contributed by atoms with E-state index in [4.69, 9.17) is 11.6 Å². The Hall–Kier alpha value is -3.56. The van der Waals surface area contributed by atoms with Crippen molar-refractivity contribution < 1.29 is 9.59 Å². The van der Waals surface area contributed by atoms with Gasteiger partial charge in [0.25, 0.3) is 11.8 Å². The van der Waals surface area contributed by atoms with Crippen molar-refractivity contribution in [1.82, 2.24) is 8.97 Å². The number of halogens is 1. The summed E-state index contributed by atoms with van der Waals surface area (Å²) in [4.78, 5) is 27.4. The highest BCUT2D eigenvalue weighted by atomic mass is 35.5. The van der Waals surface area contributed by atoms with Gasteiger partial charge in [-0.05, 0) is 24.3 Å². The summed E-state index contributed by atoms with van der Waals surface area (Å²) in [6.07, 6.45) is 0. The Labute approximate surface area is 158 Å². The topological polar surface area (TPSA) is 70.5 Å². The van der Waals surface area contributed by atoms with Crippen LogP contribution in [0.4, 0.5) is 5.69 Å². The fourth-order valence-corrected chi connectivity index (χ4v) is 4.06. The lowest BCUT2D eigenvalue weighted by Gasteiger charge is -2.15. The van der Waals surface area contributed by atoms with Crippen molar-refractivity contribution in [1.29, 1.82) is 5.26 Å². The van der Waals surface area contributed by atoms with Crippen molar-refractivity contribution in [2.45, 2.75) is 0 Å². The summed E-state index contributed by atoms with van der Waals surface area (Å²) in [5.41, 5.74) is 2.98. The predicted molar refractivity (Wildman–Crippen MR) is 101 cm³/mol. The van der Waals surface area contributed by atoms with Crippen LogP contribution in [0.15, 0.2) is 48.5 Å². The molecule has 0 spiro atoms. The number of hydrogen-bond donors (Lipinski definition) is 0. The van der Waals surface area contributed by atoms with E-state index in [9.17, 15) is 14.9 Å². The van der Waals surface area contributed by atoms with Crippen LogP contribution in [0, 0.1) is 11.3 Å². The van der Waals surface area contributed by atoms with Crippen molar-refractivity contribution in [2.75, 3.05) is 4.90 Å². The number of nitrogens with zero attached hydrogens (tertiary/aromatic N) is 4. The van der Waals surface area contributed by atoms with Gasteiger partial charge in [-0.1, -0.05) is 35.9 Å². The van der Waals surface area contributed by atoms with Crippen molar-refractivity contribution in [2.24, 2.45) is 7.05 Å². The van der Waals surface area contributed by atoms with Crippen LogP contribution >= 0.6 is 11.6 Å². The first-order valence-corrected chi connectivity index (χ1v) is 8.59. The molecular formula is C20H11ClN4O2. The van der Waals surface area contributed by atoms with Gasteiger partial charge in [-0.3, -0.25) is 14.0 Å². The molecule has 2 aromatic carbocycles. The first-order valence-electron chi connectivity index (χ1n) is 8.21. The summed E-state index contributed by atoms with van der Waals surface area (Å²) >= 11 is 6.21. The van der Waals surface area contributed by atoms with Gasteiger partial charge in [0.05, 0.1) is 27.3 Å². The Morgan fingerprint density at radius 2 is 1.63 bits per heavy atom. The molecule has 0 fully saturated rings. The Bertz CT molecular complexity index is 1360. The van der Waals surface area contributed by atoms with Crippen molar-refractivity contribution in [3.05, 3.63) is 70.4 Å². The van der Waals surface area contributed by atoms with E-state index in [0.717, 1.165) is 15.9 Å². The van der Waals surface area contributed by atoms with Gasteiger partial charge < -0.3 is 4.57 Å². The van der Waals surface area contributed by atoms with Crippen LogP contribution in [0.5, 0.6) is 0 Å². The number of carbonyl (C=O) groups excluding carboxylic acids is 2. The summed E-state index contributed by atoms with van der Waals surface area (Å²) in [6.45, 7) is 0. The maximum Gasteiger partial charge on any atom is 0.283 e. The second kappa shape index (κ2) is 5.22. The van der Waals surface area contributed by atoms with Gasteiger partial charge in [0.15, 0.2) is 0 Å². The number of rotatable bonds is 1. The van der Waals surface area contributed by atoms with Crippen LogP contribution in [-0.2, 0) is 7.05 Å². The zero-order chi connectivity index (χ0) is 18.9. The van der Waals surface area contributed by atoms with Crippen molar-refractivity contribution in [3.8, 4) is 6.07 Å². The SMILES string of the molecule is Cn1c2ccccc2n2c3c(c(C#N)c12)C(=O)N(c1ccccc1Cl)C3=O. The molecule has 3 heterocycles. The fraction of sp³-hybridized carbons (Fsp3) is 0.0500. The van der Waals surface area contributed by atoms with Crippen LogP contribution in [0.1, 0.15) is 26.4 Å². The van der Waals surface area contributed by atoms with E-state index in [2.05, 4.69) is 6.07 Å². The van der Waals surface area contributed by atoms with Crippen LogP contribution in [0.3, 0.4) is 0 Å². The fourth-order valence-electron chi connectivity index (χ4n) is 3.84. The number of aryl methyl sites for hydroxylation is 1. The minimum Gasteiger partial charge on any atom is -0.328 e. The van der Waals surface area contributed by atoms with Gasteiger partial charge in [0, 0.05) is 7.05 Å². The average molecular weight is 375 g/mol. The molecule has 0 saturated carbocycles. The molecule has 0 saturated heterocycles. The number of imidazole rings is 1. The summed E-state index contributed by atoms with van der Waals surface area (Å²) in [5, 5.41) is 10.1. The smallest absolute Gasteiger partial charge is 0.283 e. The number of amides is 2. The second-order valence-corrected chi connectivity index (χ2v) is 6.72. The summed E-state index contributed by atoms with van der Waals surface area (Å²) < 4.78 is 3.52. The number of anilines is 1. The molecular weight excluding hydrogens is 364 g/mol. The molecule has 5 rings (SSSR count). The molecule has 2 amide bonds. The van der Waals surface area contributed by atoms with Crippen LogP contribution in [0.25, 0.3) is 16.7 Å². The Kier molecular flexibility index (Phi) is 3.03. The van der Waals surface area contributed by atoms with Gasteiger partial charge in [-0.25, -0.2) is 4.90 Å². The summed E-state index contributed by atoms with van der Waals surface area (Å²) in [7, 11) is 1.81. The Morgan fingerprint density at radius 1 is 0.963 bits per heavy atom. The molecule has 130 valence electrons. The highest BCUT2D eigenvalue weighted by Gasteiger charge is 2.44. The molecule has 0 atom stereocenters. The first-order chi connectivity index (χ1) is 13.1. The lowest BCUT2D eigenvalue weighted by Crippen LogP contribution is -2.30. The number of hydrogen-bond acceptors (Lipinski definition) is 3. The monoisotopic (exact) mass is 374 g/mol. The summed E-state index contributed by atoms with van der Waals surface area (Å²) in [5.74, 6) is -1.02. The minimum absolute atomic E-state index is 0.124. The van der Waals surface area contributed by atoms with Gasteiger partial charge in [-0.2, -0.15) is 5.26 Å². The molecule has 7 heteroatoms. The average Bonchev–Trinajstić information content (AvgIpc) is 3.25. The van der Waals surface area contributed by atoms with Crippen molar-refractivity contribution in [3.63, 3.8) is 0 Å². The van der Waals surface area contributed by atoms with Gasteiger partial charge in [-0.15, -0.1) is 0 Å². The lowest BCUT2D eigenvalue weighted by atomic mass is 10.1. The van der Waals surface area contributed by atoms with E-state index in [1.165, 1.54) is 0 Å². The second-order valence-electron chi connectivity index (χ2n) is 6.31. The molecule has 4 aromatic rings. The third-order valence-corrected chi connectivity index (χ3v) is 5.29. The van der Waals surface area contributed by atoms with Gasteiger partial charge >= 0.3 is 0 Å². The number of benzene rings is 2. The normalized spacial score (nSPS) is 13.6. The van der Waals surface area contributed by atoms with E-state index < -0.39 is 11.8 Å².